The molecule has 1 saturated carbocycles. The molecular formula is C18H27N4O5S2-. The topological polar surface area (TPSA) is 124 Å². The molecular weight excluding hydrogens is 416 g/mol. The number of amides is 2. The van der Waals surface area contributed by atoms with Crippen molar-refractivity contribution in [1.82, 2.24) is 15.2 Å². The molecule has 1 aromatic heterocycles. The van der Waals surface area contributed by atoms with E-state index >= 15 is 0 Å². The summed E-state index contributed by atoms with van der Waals surface area (Å²) in [5.41, 5.74) is 0. The normalized spacial score (nSPS) is 24.2. The maximum Gasteiger partial charge on any atom is 0.248 e. The number of carbonyl (C=O) groups excluding carboxylic acids is 2. The van der Waals surface area contributed by atoms with Crippen molar-refractivity contribution in [3.05, 3.63) is 11.6 Å². The standard InChI is InChI=1S/C15H22N4O3S.C3H6O2S/c20-13-9-16-3-5-19(13)12(8-11-2-1-6-22-10-11)14(21)18-15-17-4-7-23-15;4-6(5)3-1-2-3/h4,7,11-12,16H,1-3,5-6,8-10H2,(H,17,18,21);3H,1-2H2,(H,4,5)/p-1. The third-order valence-electron chi connectivity index (χ3n) is 5.08. The minimum atomic E-state index is -1.76. The summed E-state index contributed by atoms with van der Waals surface area (Å²) in [7, 11) is 0. The Labute approximate surface area is 176 Å². The Hall–Kier alpha value is -1.40. The summed E-state index contributed by atoms with van der Waals surface area (Å²) in [6.07, 6.45) is 6.12. The summed E-state index contributed by atoms with van der Waals surface area (Å²) >= 11 is -0.378. The van der Waals surface area contributed by atoms with E-state index in [1.165, 1.54) is 11.3 Å². The zero-order valence-electron chi connectivity index (χ0n) is 16.2. The van der Waals surface area contributed by atoms with Gasteiger partial charge in [0.1, 0.15) is 6.04 Å². The quantitative estimate of drug-likeness (QED) is 0.621. The molecule has 3 fully saturated rings. The molecule has 2 N–H and O–H groups in total. The summed E-state index contributed by atoms with van der Waals surface area (Å²) in [4.78, 5) is 30.8. The molecule has 3 heterocycles. The van der Waals surface area contributed by atoms with Gasteiger partial charge in [-0.15, -0.1) is 11.3 Å². The number of anilines is 1. The fourth-order valence-electron chi connectivity index (χ4n) is 3.37. The first-order chi connectivity index (χ1) is 14.0. The highest BCUT2D eigenvalue weighted by Gasteiger charge is 2.34. The van der Waals surface area contributed by atoms with E-state index < -0.39 is 17.1 Å². The number of hydrogen-bond donors (Lipinski definition) is 2. The summed E-state index contributed by atoms with van der Waals surface area (Å²) < 4.78 is 25.0. The van der Waals surface area contributed by atoms with E-state index in [0.29, 0.717) is 43.7 Å². The van der Waals surface area contributed by atoms with Crippen LogP contribution in [0.1, 0.15) is 32.1 Å². The molecule has 2 aliphatic heterocycles. The first kappa shape index (κ1) is 22.3. The van der Waals surface area contributed by atoms with Gasteiger partial charge in [-0.1, -0.05) is 11.1 Å². The van der Waals surface area contributed by atoms with Gasteiger partial charge in [-0.05, 0) is 38.0 Å². The van der Waals surface area contributed by atoms with Crippen LogP contribution in [-0.4, -0.2) is 74.6 Å². The van der Waals surface area contributed by atoms with E-state index in [4.69, 9.17) is 4.74 Å². The lowest BCUT2D eigenvalue weighted by molar-refractivity contribution is -0.140. The molecule has 2 saturated heterocycles. The van der Waals surface area contributed by atoms with E-state index in [-0.39, 0.29) is 17.1 Å². The zero-order chi connectivity index (χ0) is 20.6. The monoisotopic (exact) mass is 443 g/mol. The molecule has 4 rings (SSSR count). The number of carbonyl (C=O) groups is 2. The number of piperazine rings is 1. The Bertz CT molecular complexity index is 692. The van der Waals surface area contributed by atoms with Gasteiger partial charge in [0.25, 0.3) is 0 Å². The Kier molecular flexibility index (Phi) is 8.54. The van der Waals surface area contributed by atoms with E-state index in [9.17, 15) is 18.4 Å². The van der Waals surface area contributed by atoms with Crippen molar-refractivity contribution < 1.29 is 23.1 Å². The lowest BCUT2D eigenvalue weighted by Crippen LogP contribution is -2.56. The van der Waals surface area contributed by atoms with Crippen molar-refractivity contribution in [2.75, 3.05) is 38.2 Å². The van der Waals surface area contributed by atoms with Crippen LogP contribution in [0.3, 0.4) is 0 Å². The SMILES string of the molecule is O=C(Nc1nccs1)C(CC1CCCOC1)N1CCNCC1=O.O=S([O-])C1CC1. The van der Waals surface area contributed by atoms with E-state index in [1.54, 1.807) is 11.1 Å². The second-order valence-electron chi connectivity index (χ2n) is 7.38. The molecule has 3 aliphatic rings. The van der Waals surface area contributed by atoms with Gasteiger partial charge in [0, 0.05) is 43.1 Å². The lowest BCUT2D eigenvalue weighted by Gasteiger charge is -2.36. The molecule has 162 valence electrons. The third kappa shape index (κ3) is 7.10. The van der Waals surface area contributed by atoms with Gasteiger partial charge in [-0.25, -0.2) is 4.98 Å². The van der Waals surface area contributed by atoms with Crippen LogP contribution in [0.5, 0.6) is 0 Å². The number of aromatic nitrogens is 1. The van der Waals surface area contributed by atoms with Crippen molar-refractivity contribution in [1.29, 1.82) is 0 Å². The fourth-order valence-corrected chi connectivity index (χ4v) is 4.42. The minimum absolute atomic E-state index is 0.0185. The van der Waals surface area contributed by atoms with Crippen molar-refractivity contribution >= 4 is 39.4 Å². The average Bonchev–Trinajstić information content (AvgIpc) is 3.46. The van der Waals surface area contributed by atoms with E-state index in [0.717, 1.165) is 32.3 Å². The zero-order valence-corrected chi connectivity index (χ0v) is 17.8. The second kappa shape index (κ2) is 11.1. The average molecular weight is 444 g/mol. The molecule has 2 amide bonds. The first-order valence-electron chi connectivity index (χ1n) is 9.91. The van der Waals surface area contributed by atoms with Crippen molar-refractivity contribution in [3.63, 3.8) is 0 Å². The van der Waals surface area contributed by atoms with Gasteiger partial charge in [0.15, 0.2) is 5.13 Å². The summed E-state index contributed by atoms with van der Waals surface area (Å²) in [5, 5.41) is 8.30. The van der Waals surface area contributed by atoms with Crippen LogP contribution in [0.25, 0.3) is 0 Å². The Morgan fingerprint density at radius 2 is 2.31 bits per heavy atom. The van der Waals surface area contributed by atoms with Crippen LogP contribution in [0.4, 0.5) is 5.13 Å². The summed E-state index contributed by atoms with van der Waals surface area (Å²) in [5.74, 6) is 0.145. The fraction of sp³-hybridized carbons (Fsp3) is 0.722. The van der Waals surface area contributed by atoms with Crippen LogP contribution in [0.15, 0.2) is 11.6 Å². The number of hydrogen-bond acceptors (Lipinski definition) is 8. The Morgan fingerprint density at radius 3 is 2.86 bits per heavy atom. The number of nitrogens with zero attached hydrogens (tertiary/aromatic N) is 2. The third-order valence-corrected chi connectivity index (χ3v) is 6.78. The number of rotatable bonds is 6. The molecule has 0 bridgehead atoms. The maximum atomic E-state index is 12.7. The minimum Gasteiger partial charge on any atom is -0.772 e. The van der Waals surface area contributed by atoms with Crippen LogP contribution in [0.2, 0.25) is 0 Å². The van der Waals surface area contributed by atoms with Gasteiger partial charge in [-0.2, -0.15) is 0 Å². The van der Waals surface area contributed by atoms with Crippen molar-refractivity contribution in [2.45, 2.75) is 43.4 Å². The molecule has 1 aliphatic carbocycles. The highest BCUT2D eigenvalue weighted by atomic mass is 32.2. The highest BCUT2D eigenvalue weighted by Crippen LogP contribution is 2.24. The molecule has 29 heavy (non-hydrogen) atoms. The van der Waals surface area contributed by atoms with Gasteiger partial charge in [0.2, 0.25) is 11.8 Å². The van der Waals surface area contributed by atoms with Crippen LogP contribution < -0.4 is 10.6 Å². The molecule has 3 atom stereocenters. The van der Waals surface area contributed by atoms with Crippen LogP contribution in [0, 0.1) is 5.92 Å². The van der Waals surface area contributed by atoms with Crippen LogP contribution in [-0.2, 0) is 25.4 Å². The molecule has 1 aromatic rings. The molecule has 0 radical (unpaired) electrons. The van der Waals surface area contributed by atoms with Gasteiger partial charge >= 0.3 is 0 Å². The molecule has 0 aromatic carbocycles. The second-order valence-corrected chi connectivity index (χ2v) is 9.47. The molecule has 9 nitrogen and oxygen atoms in total. The number of nitrogens with one attached hydrogen (secondary N) is 2. The number of thiazole rings is 1. The van der Waals surface area contributed by atoms with Crippen molar-refractivity contribution in [2.24, 2.45) is 5.92 Å². The summed E-state index contributed by atoms with van der Waals surface area (Å²) in [6, 6.07) is -0.458. The molecule has 3 unspecified atom stereocenters. The van der Waals surface area contributed by atoms with Gasteiger partial charge in [-0.3, -0.25) is 13.8 Å². The Morgan fingerprint density at radius 1 is 1.48 bits per heavy atom. The van der Waals surface area contributed by atoms with Gasteiger partial charge in [0.05, 0.1) is 6.54 Å². The largest absolute Gasteiger partial charge is 0.772 e. The predicted octanol–water partition coefficient (Wildman–Crippen LogP) is 0.727. The Balaban J connectivity index is 0.000000343. The first-order valence-corrected chi connectivity index (χ1v) is 11.9. The predicted molar refractivity (Wildman–Crippen MR) is 109 cm³/mol. The maximum absolute atomic E-state index is 12.7. The van der Waals surface area contributed by atoms with E-state index in [2.05, 4.69) is 15.6 Å². The van der Waals surface area contributed by atoms with Crippen molar-refractivity contribution in [3.8, 4) is 0 Å². The molecule has 11 heteroatoms. The summed E-state index contributed by atoms with van der Waals surface area (Å²) in [6.45, 7) is 3.03. The van der Waals surface area contributed by atoms with Gasteiger partial charge < -0.3 is 24.8 Å². The lowest BCUT2D eigenvalue weighted by atomic mass is 9.93. The van der Waals surface area contributed by atoms with Crippen LogP contribution >= 0.6 is 11.3 Å². The smallest absolute Gasteiger partial charge is 0.248 e. The van der Waals surface area contributed by atoms with E-state index in [1.807, 2.05) is 5.38 Å². The highest BCUT2D eigenvalue weighted by molar-refractivity contribution is 7.80. The number of ether oxygens (including phenoxy) is 1. The molecule has 0 spiro atoms.